The summed E-state index contributed by atoms with van der Waals surface area (Å²) in [5, 5.41) is 7.95. The van der Waals surface area contributed by atoms with Gasteiger partial charge in [-0.25, -0.2) is 9.48 Å². The lowest BCUT2D eigenvalue weighted by atomic mass is 10.1. The summed E-state index contributed by atoms with van der Waals surface area (Å²) in [6.07, 6.45) is 0. The van der Waals surface area contributed by atoms with Gasteiger partial charge in [0.05, 0.1) is 23.2 Å². The molecule has 7 nitrogen and oxygen atoms in total. The van der Waals surface area contributed by atoms with E-state index in [0.29, 0.717) is 23.0 Å². The molecule has 0 radical (unpaired) electrons. The van der Waals surface area contributed by atoms with Gasteiger partial charge >= 0.3 is 5.97 Å². The van der Waals surface area contributed by atoms with Gasteiger partial charge in [0.1, 0.15) is 0 Å². The maximum Gasteiger partial charge on any atom is 0.340 e. The predicted octanol–water partition coefficient (Wildman–Crippen LogP) is 3.48. The molecule has 1 amide bonds. The minimum Gasteiger partial charge on any atom is -0.462 e. The molecular weight excluding hydrogens is 370 g/mol. The van der Waals surface area contributed by atoms with Gasteiger partial charge < -0.3 is 10.1 Å². The maximum absolute atomic E-state index is 13.1. The number of para-hydroxylation sites is 1. The number of carbonyl (C=O) groups is 2. The van der Waals surface area contributed by atoms with Crippen LogP contribution in [0.2, 0.25) is 0 Å². The van der Waals surface area contributed by atoms with Crippen LogP contribution in [-0.4, -0.2) is 28.3 Å². The van der Waals surface area contributed by atoms with Crippen molar-refractivity contribution in [2.45, 2.75) is 27.3 Å². The number of ether oxygens (including phenoxy) is 1. The van der Waals surface area contributed by atoms with E-state index in [4.69, 9.17) is 4.74 Å². The highest BCUT2D eigenvalue weighted by atomic mass is 16.5. The van der Waals surface area contributed by atoms with Crippen LogP contribution in [0.5, 0.6) is 0 Å². The highest BCUT2D eigenvalue weighted by Crippen LogP contribution is 2.19. The Bertz CT molecular complexity index is 1120. The molecule has 0 atom stereocenters. The number of amides is 1. The van der Waals surface area contributed by atoms with Gasteiger partial charge in [0.25, 0.3) is 11.5 Å². The standard InChI is InChI=1S/C22H23N3O4/c1-4-29-22(28)17-11-7-8-12-18(17)23-20(26)19-15-9-5-6-10-16(15)21(27)25(24-19)13-14(2)3/h5-12,14H,4,13H2,1-3H3,(H,23,26). The summed E-state index contributed by atoms with van der Waals surface area (Å²) < 4.78 is 6.37. The number of esters is 1. The molecule has 0 unspecified atom stereocenters. The monoisotopic (exact) mass is 393 g/mol. The van der Waals surface area contributed by atoms with Crippen LogP contribution in [-0.2, 0) is 11.3 Å². The summed E-state index contributed by atoms with van der Waals surface area (Å²) in [6.45, 7) is 6.28. The molecule has 0 bridgehead atoms. The third kappa shape index (κ3) is 4.34. The molecule has 1 N–H and O–H groups in total. The molecule has 29 heavy (non-hydrogen) atoms. The van der Waals surface area contributed by atoms with E-state index in [9.17, 15) is 14.4 Å². The summed E-state index contributed by atoms with van der Waals surface area (Å²) in [7, 11) is 0. The second kappa shape index (κ2) is 8.68. The van der Waals surface area contributed by atoms with Gasteiger partial charge in [-0.1, -0.05) is 44.2 Å². The Labute approximate surface area is 168 Å². The Morgan fingerprint density at radius 3 is 2.41 bits per heavy atom. The van der Waals surface area contributed by atoms with Gasteiger partial charge in [0.15, 0.2) is 5.69 Å². The third-order valence-corrected chi connectivity index (χ3v) is 4.29. The number of rotatable bonds is 6. The maximum atomic E-state index is 13.1. The van der Waals surface area contributed by atoms with E-state index in [-0.39, 0.29) is 29.3 Å². The zero-order valence-corrected chi connectivity index (χ0v) is 16.6. The highest BCUT2D eigenvalue weighted by molar-refractivity contribution is 6.12. The average molecular weight is 393 g/mol. The summed E-state index contributed by atoms with van der Waals surface area (Å²) in [6, 6.07) is 13.5. The van der Waals surface area contributed by atoms with Crippen LogP contribution in [0.4, 0.5) is 5.69 Å². The molecule has 1 aromatic heterocycles. The third-order valence-electron chi connectivity index (χ3n) is 4.29. The van der Waals surface area contributed by atoms with Crippen molar-refractivity contribution in [3.63, 3.8) is 0 Å². The van der Waals surface area contributed by atoms with Gasteiger partial charge in [-0.3, -0.25) is 9.59 Å². The van der Waals surface area contributed by atoms with Crippen molar-refractivity contribution in [1.82, 2.24) is 9.78 Å². The van der Waals surface area contributed by atoms with E-state index in [2.05, 4.69) is 10.4 Å². The van der Waals surface area contributed by atoms with Crippen molar-refractivity contribution >= 4 is 28.3 Å². The van der Waals surface area contributed by atoms with Gasteiger partial charge in [-0.05, 0) is 31.0 Å². The van der Waals surface area contributed by atoms with Crippen LogP contribution in [0.15, 0.2) is 53.3 Å². The molecule has 0 fully saturated rings. The lowest BCUT2D eigenvalue weighted by molar-refractivity contribution is 0.0527. The number of aromatic nitrogens is 2. The molecule has 3 rings (SSSR count). The SMILES string of the molecule is CCOC(=O)c1ccccc1NC(=O)c1nn(CC(C)C)c(=O)c2ccccc12. The summed E-state index contributed by atoms with van der Waals surface area (Å²) in [5.41, 5.74) is 0.461. The number of nitrogens with zero attached hydrogens (tertiary/aromatic N) is 2. The lowest BCUT2D eigenvalue weighted by Gasteiger charge is -2.14. The number of hydrogen-bond acceptors (Lipinski definition) is 5. The van der Waals surface area contributed by atoms with Crippen molar-refractivity contribution < 1.29 is 14.3 Å². The van der Waals surface area contributed by atoms with Gasteiger partial charge in [0, 0.05) is 11.9 Å². The van der Waals surface area contributed by atoms with E-state index in [0.717, 1.165) is 0 Å². The molecule has 7 heteroatoms. The molecule has 3 aromatic rings. The topological polar surface area (TPSA) is 90.3 Å². The van der Waals surface area contributed by atoms with Crippen LogP contribution in [0.25, 0.3) is 10.8 Å². The first-order valence-electron chi connectivity index (χ1n) is 9.49. The molecule has 1 heterocycles. The summed E-state index contributed by atoms with van der Waals surface area (Å²) >= 11 is 0. The van der Waals surface area contributed by atoms with E-state index in [1.165, 1.54) is 4.68 Å². The van der Waals surface area contributed by atoms with E-state index >= 15 is 0 Å². The molecule has 0 saturated heterocycles. The minimum absolute atomic E-state index is 0.125. The Kier molecular flexibility index (Phi) is 6.07. The van der Waals surface area contributed by atoms with E-state index < -0.39 is 11.9 Å². The molecule has 150 valence electrons. The van der Waals surface area contributed by atoms with Gasteiger partial charge in [-0.15, -0.1) is 0 Å². The van der Waals surface area contributed by atoms with Crippen molar-refractivity contribution in [1.29, 1.82) is 0 Å². The molecular formula is C22H23N3O4. The molecule has 0 aliphatic heterocycles. The zero-order chi connectivity index (χ0) is 21.0. The summed E-state index contributed by atoms with van der Waals surface area (Å²) in [5.74, 6) is -0.844. The van der Waals surface area contributed by atoms with E-state index in [1.54, 1.807) is 55.5 Å². The first-order valence-corrected chi connectivity index (χ1v) is 9.49. The first kappa shape index (κ1) is 20.3. The second-order valence-corrected chi connectivity index (χ2v) is 7.00. The average Bonchev–Trinajstić information content (AvgIpc) is 2.70. The van der Waals surface area contributed by atoms with Crippen molar-refractivity contribution in [2.24, 2.45) is 5.92 Å². The Balaban J connectivity index is 2.06. The molecule has 0 spiro atoms. The number of nitrogens with one attached hydrogen (secondary N) is 1. The smallest absolute Gasteiger partial charge is 0.340 e. The fourth-order valence-corrected chi connectivity index (χ4v) is 3.03. The minimum atomic E-state index is -0.522. The highest BCUT2D eigenvalue weighted by Gasteiger charge is 2.20. The van der Waals surface area contributed by atoms with Crippen LogP contribution in [0, 0.1) is 5.92 Å². The van der Waals surface area contributed by atoms with Crippen molar-refractivity contribution in [3.05, 3.63) is 70.1 Å². The number of anilines is 1. The second-order valence-electron chi connectivity index (χ2n) is 7.00. The largest absolute Gasteiger partial charge is 0.462 e. The Morgan fingerprint density at radius 2 is 1.72 bits per heavy atom. The van der Waals surface area contributed by atoms with Crippen LogP contribution >= 0.6 is 0 Å². The number of carbonyl (C=O) groups excluding carboxylic acids is 2. The van der Waals surface area contributed by atoms with Gasteiger partial charge in [-0.2, -0.15) is 5.10 Å². The lowest BCUT2D eigenvalue weighted by Crippen LogP contribution is -2.29. The van der Waals surface area contributed by atoms with Gasteiger partial charge in [0.2, 0.25) is 0 Å². The molecule has 0 aliphatic carbocycles. The fraction of sp³-hybridized carbons (Fsp3) is 0.273. The first-order chi connectivity index (χ1) is 13.9. The molecule has 2 aromatic carbocycles. The number of hydrogen-bond donors (Lipinski definition) is 1. The fourth-order valence-electron chi connectivity index (χ4n) is 3.03. The van der Waals surface area contributed by atoms with Crippen LogP contribution in [0.1, 0.15) is 41.6 Å². The molecule has 0 aliphatic rings. The zero-order valence-electron chi connectivity index (χ0n) is 16.6. The summed E-state index contributed by atoms with van der Waals surface area (Å²) in [4.78, 5) is 38.0. The molecule has 0 saturated carbocycles. The predicted molar refractivity (Wildman–Crippen MR) is 111 cm³/mol. The Morgan fingerprint density at radius 1 is 1.07 bits per heavy atom. The Hall–Kier alpha value is -3.48. The van der Waals surface area contributed by atoms with Crippen molar-refractivity contribution in [2.75, 3.05) is 11.9 Å². The number of fused-ring (bicyclic) bond motifs is 1. The van der Waals surface area contributed by atoms with E-state index in [1.807, 2.05) is 13.8 Å². The normalized spacial score (nSPS) is 10.9. The van der Waals surface area contributed by atoms with Crippen LogP contribution < -0.4 is 10.9 Å². The van der Waals surface area contributed by atoms with Crippen LogP contribution in [0.3, 0.4) is 0 Å². The van der Waals surface area contributed by atoms with Crippen molar-refractivity contribution in [3.8, 4) is 0 Å². The quantitative estimate of drug-likeness (QED) is 0.648. The number of benzene rings is 2.